The second-order valence-electron chi connectivity index (χ2n) is 4.24. The van der Waals surface area contributed by atoms with E-state index in [0.29, 0.717) is 22.2 Å². The third-order valence-electron chi connectivity index (χ3n) is 2.90. The second-order valence-corrected chi connectivity index (χ2v) is 5.08. The summed E-state index contributed by atoms with van der Waals surface area (Å²) in [4.78, 5) is 0. The first-order valence-corrected chi connectivity index (χ1v) is 6.61. The van der Waals surface area contributed by atoms with Crippen LogP contribution < -0.4 is 4.74 Å². The maximum absolute atomic E-state index is 10.2. The summed E-state index contributed by atoms with van der Waals surface area (Å²) in [7, 11) is 1.56. The number of halogens is 2. The van der Waals surface area contributed by atoms with Crippen molar-refractivity contribution >= 4 is 23.2 Å². The molecule has 0 radical (unpaired) electrons. The van der Waals surface area contributed by atoms with Gasteiger partial charge in [0.15, 0.2) is 0 Å². The van der Waals surface area contributed by atoms with Crippen LogP contribution in [-0.2, 0) is 6.42 Å². The van der Waals surface area contributed by atoms with Crippen LogP contribution in [0.2, 0.25) is 10.0 Å². The van der Waals surface area contributed by atoms with Gasteiger partial charge in [-0.2, -0.15) is 0 Å². The van der Waals surface area contributed by atoms with Crippen molar-refractivity contribution in [2.75, 3.05) is 7.11 Å². The lowest BCUT2D eigenvalue weighted by Gasteiger charge is -2.13. The van der Waals surface area contributed by atoms with Crippen molar-refractivity contribution in [3.05, 3.63) is 63.6 Å². The Morgan fingerprint density at radius 3 is 2.37 bits per heavy atom. The van der Waals surface area contributed by atoms with Gasteiger partial charge >= 0.3 is 0 Å². The minimum Gasteiger partial charge on any atom is -0.495 e. The summed E-state index contributed by atoms with van der Waals surface area (Å²) in [6.45, 7) is 0. The summed E-state index contributed by atoms with van der Waals surface area (Å²) in [6, 6.07) is 12.7. The van der Waals surface area contributed by atoms with Crippen molar-refractivity contribution in [3.63, 3.8) is 0 Å². The number of aliphatic hydroxyl groups excluding tert-OH is 1. The summed E-state index contributed by atoms with van der Waals surface area (Å²) in [5.41, 5.74) is 1.78. The quantitative estimate of drug-likeness (QED) is 0.912. The van der Waals surface area contributed by atoms with E-state index < -0.39 is 6.10 Å². The zero-order valence-corrected chi connectivity index (χ0v) is 11.9. The summed E-state index contributed by atoms with van der Waals surface area (Å²) in [6.07, 6.45) is -0.0932. The molecular weight excluding hydrogens is 283 g/mol. The average Bonchev–Trinajstić information content (AvgIpc) is 2.41. The molecule has 1 atom stereocenters. The predicted octanol–water partition coefficient (Wildman–Crippen LogP) is 4.28. The number of aliphatic hydroxyl groups is 1. The number of rotatable bonds is 4. The summed E-state index contributed by atoms with van der Waals surface area (Å²) in [5.74, 6) is 0.601. The molecule has 0 aliphatic carbocycles. The molecule has 2 aromatic carbocycles. The minimum absolute atomic E-state index is 0.496. The fourth-order valence-electron chi connectivity index (χ4n) is 1.85. The van der Waals surface area contributed by atoms with Gasteiger partial charge in [0.25, 0.3) is 0 Å². The van der Waals surface area contributed by atoms with Gasteiger partial charge in [0, 0.05) is 11.4 Å². The summed E-state index contributed by atoms with van der Waals surface area (Å²) in [5, 5.41) is 11.4. The highest BCUT2D eigenvalue weighted by Crippen LogP contribution is 2.29. The lowest BCUT2D eigenvalue weighted by atomic mass is 10.0. The van der Waals surface area contributed by atoms with Gasteiger partial charge in [-0.25, -0.2) is 0 Å². The third kappa shape index (κ3) is 3.63. The molecule has 2 nitrogen and oxygen atoms in total. The van der Waals surface area contributed by atoms with Crippen molar-refractivity contribution < 1.29 is 9.84 Å². The first-order chi connectivity index (χ1) is 9.10. The molecule has 4 heteroatoms. The molecule has 0 aromatic heterocycles. The molecule has 0 amide bonds. The lowest BCUT2D eigenvalue weighted by Crippen LogP contribution is -2.02. The molecule has 2 aromatic rings. The topological polar surface area (TPSA) is 29.5 Å². The standard InChI is InChI=1S/C15H14Cl2O2/c1-19-15-7-4-11(9-13(15)17)14(18)8-10-2-5-12(16)6-3-10/h2-7,9,14,18H,8H2,1H3. The first-order valence-electron chi connectivity index (χ1n) is 5.86. The van der Waals surface area contributed by atoms with E-state index in [2.05, 4.69) is 0 Å². The Labute approximate surface area is 122 Å². The molecule has 2 rings (SSSR count). The Hall–Kier alpha value is -1.22. The van der Waals surface area contributed by atoms with Gasteiger partial charge in [-0.1, -0.05) is 41.4 Å². The second kappa shape index (κ2) is 6.29. The summed E-state index contributed by atoms with van der Waals surface area (Å²) < 4.78 is 5.08. The number of benzene rings is 2. The Kier molecular flexibility index (Phi) is 4.70. The van der Waals surface area contributed by atoms with Crippen molar-refractivity contribution in [1.29, 1.82) is 0 Å². The molecule has 0 aliphatic rings. The van der Waals surface area contributed by atoms with Gasteiger partial charge < -0.3 is 9.84 Å². The van der Waals surface area contributed by atoms with E-state index in [1.807, 2.05) is 30.3 Å². The minimum atomic E-state index is -0.607. The van der Waals surface area contributed by atoms with Crippen LogP contribution in [0.15, 0.2) is 42.5 Å². The van der Waals surface area contributed by atoms with Crippen LogP contribution in [0.1, 0.15) is 17.2 Å². The molecular formula is C15H14Cl2O2. The number of methoxy groups -OCH3 is 1. The van der Waals surface area contributed by atoms with E-state index in [1.165, 1.54) is 0 Å². The predicted molar refractivity (Wildman–Crippen MR) is 78.1 cm³/mol. The van der Waals surface area contributed by atoms with Gasteiger partial charge in [-0.15, -0.1) is 0 Å². The molecule has 0 spiro atoms. The first kappa shape index (κ1) is 14.2. The molecule has 0 saturated heterocycles. The van der Waals surface area contributed by atoms with E-state index in [-0.39, 0.29) is 0 Å². The Morgan fingerprint density at radius 1 is 1.11 bits per heavy atom. The fraction of sp³-hybridized carbons (Fsp3) is 0.200. The Balaban J connectivity index is 2.13. The maximum Gasteiger partial charge on any atom is 0.137 e. The number of ether oxygens (including phenoxy) is 1. The van der Waals surface area contributed by atoms with Crippen molar-refractivity contribution in [1.82, 2.24) is 0 Å². The van der Waals surface area contributed by atoms with E-state index in [4.69, 9.17) is 27.9 Å². The molecule has 0 saturated carbocycles. The maximum atomic E-state index is 10.2. The molecule has 1 N–H and O–H groups in total. The summed E-state index contributed by atoms with van der Waals surface area (Å²) >= 11 is 11.9. The van der Waals surface area contributed by atoms with Crippen molar-refractivity contribution in [3.8, 4) is 5.75 Å². The third-order valence-corrected chi connectivity index (χ3v) is 3.45. The van der Waals surface area contributed by atoms with Crippen LogP contribution in [-0.4, -0.2) is 12.2 Å². The van der Waals surface area contributed by atoms with Crippen molar-refractivity contribution in [2.24, 2.45) is 0 Å². The Morgan fingerprint density at radius 2 is 1.79 bits per heavy atom. The zero-order valence-electron chi connectivity index (χ0n) is 10.4. The van der Waals surface area contributed by atoms with Gasteiger partial charge in [0.1, 0.15) is 5.75 Å². The highest BCUT2D eigenvalue weighted by Gasteiger charge is 2.11. The molecule has 0 heterocycles. The van der Waals surface area contributed by atoms with E-state index in [1.54, 1.807) is 19.2 Å². The van der Waals surface area contributed by atoms with Gasteiger partial charge in [-0.05, 0) is 35.4 Å². The average molecular weight is 297 g/mol. The molecule has 100 valence electrons. The zero-order chi connectivity index (χ0) is 13.8. The molecule has 0 bridgehead atoms. The number of hydrogen-bond donors (Lipinski definition) is 1. The van der Waals surface area contributed by atoms with E-state index in [0.717, 1.165) is 11.1 Å². The van der Waals surface area contributed by atoms with Crippen molar-refractivity contribution in [2.45, 2.75) is 12.5 Å². The van der Waals surface area contributed by atoms with Gasteiger partial charge in [-0.3, -0.25) is 0 Å². The fourth-order valence-corrected chi connectivity index (χ4v) is 2.24. The van der Waals surface area contributed by atoms with E-state index in [9.17, 15) is 5.11 Å². The molecule has 0 fully saturated rings. The van der Waals surface area contributed by atoms with Crippen LogP contribution >= 0.6 is 23.2 Å². The lowest BCUT2D eigenvalue weighted by molar-refractivity contribution is 0.178. The smallest absolute Gasteiger partial charge is 0.137 e. The van der Waals surface area contributed by atoms with Crippen LogP contribution in [0.4, 0.5) is 0 Å². The SMILES string of the molecule is COc1ccc(C(O)Cc2ccc(Cl)cc2)cc1Cl. The van der Waals surface area contributed by atoms with Crippen LogP contribution in [0.3, 0.4) is 0 Å². The molecule has 1 unspecified atom stereocenters. The Bertz CT molecular complexity index is 553. The van der Waals surface area contributed by atoms with E-state index >= 15 is 0 Å². The molecule has 19 heavy (non-hydrogen) atoms. The van der Waals surface area contributed by atoms with Gasteiger partial charge in [0.05, 0.1) is 18.2 Å². The van der Waals surface area contributed by atoms with Gasteiger partial charge in [0.2, 0.25) is 0 Å². The number of hydrogen-bond acceptors (Lipinski definition) is 2. The normalized spacial score (nSPS) is 12.2. The largest absolute Gasteiger partial charge is 0.495 e. The van der Waals surface area contributed by atoms with Crippen LogP contribution in [0.5, 0.6) is 5.75 Å². The monoisotopic (exact) mass is 296 g/mol. The molecule has 0 aliphatic heterocycles. The van der Waals surface area contributed by atoms with Crippen LogP contribution in [0, 0.1) is 0 Å². The highest BCUT2D eigenvalue weighted by atomic mass is 35.5. The van der Waals surface area contributed by atoms with Crippen LogP contribution in [0.25, 0.3) is 0 Å². The highest BCUT2D eigenvalue weighted by molar-refractivity contribution is 6.32.